The predicted molar refractivity (Wildman–Crippen MR) is 93.7 cm³/mol. The molecule has 1 unspecified atom stereocenters. The maximum Gasteiger partial charge on any atom is 0.205 e. The monoisotopic (exact) mass is 356 g/mol. The average Bonchev–Trinajstić information content (AvgIpc) is 2.59. The van der Waals surface area contributed by atoms with Gasteiger partial charge in [-0.1, -0.05) is 30.3 Å². The molecule has 128 valence electrons. The summed E-state index contributed by atoms with van der Waals surface area (Å²) in [6.45, 7) is 3.93. The van der Waals surface area contributed by atoms with Crippen LogP contribution in [0.15, 0.2) is 53.6 Å². The van der Waals surface area contributed by atoms with Crippen LogP contribution in [0.2, 0.25) is 5.02 Å². The van der Waals surface area contributed by atoms with Crippen molar-refractivity contribution in [2.45, 2.75) is 25.2 Å². The van der Waals surface area contributed by atoms with Crippen LogP contribution in [-0.2, 0) is 9.53 Å². The number of nitriles is 1. The largest absolute Gasteiger partial charge is 0.488 e. The van der Waals surface area contributed by atoms with Crippen LogP contribution < -0.4 is 10.5 Å². The molecular weight excluding hydrogens is 340 g/mol. The molecule has 1 heterocycles. The second-order valence-electron chi connectivity index (χ2n) is 5.83. The zero-order valence-corrected chi connectivity index (χ0v) is 14.3. The summed E-state index contributed by atoms with van der Waals surface area (Å²) in [5, 5.41) is 9.93. The SMILES string of the molecule is C=CCOc1ccc(C2C(C#N)=C(N)OC3=C2C(=O)CCC3)cc1Cl. The van der Waals surface area contributed by atoms with Crippen LogP contribution in [0.5, 0.6) is 5.75 Å². The predicted octanol–water partition coefficient (Wildman–Crippen LogP) is 3.72. The number of ether oxygens (including phenoxy) is 2. The molecule has 3 rings (SSSR count). The smallest absolute Gasteiger partial charge is 0.205 e. The Morgan fingerprint density at radius 3 is 2.96 bits per heavy atom. The zero-order valence-electron chi connectivity index (χ0n) is 13.5. The first kappa shape index (κ1) is 17.1. The van der Waals surface area contributed by atoms with Crippen LogP contribution in [0.4, 0.5) is 0 Å². The minimum atomic E-state index is -0.562. The highest BCUT2D eigenvalue weighted by atomic mass is 35.5. The van der Waals surface area contributed by atoms with Gasteiger partial charge in [-0.15, -0.1) is 0 Å². The number of Topliss-reactive ketones (excluding diaryl/α,β-unsaturated/α-hetero) is 1. The molecule has 5 nitrogen and oxygen atoms in total. The van der Waals surface area contributed by atoms with Crippen molar-refractivity contribution in [1.29, 1.82) is 5.26 Å². The van der Waals surface area contributed by atoms with E-state index in [1.54, 1.807) is 24.3 Å². The lowest BCUT2D eigenvalue weighted by molar-refractivity contribution is -0.116. The Labute approximate surface area is 151 Å². The molecule has 1 aliphatic heterocycles. The molecule has 2 N–H and O–H groups in total. The summed E-state index contributed by atoms with van der Waals surface area (Å²) in [4.78, 5) is 12.5. The first-order chi connectivity index (χ1) is 12.1. The van der Waals surface area contributed by atoms with Crippen molar-refractivity contribution in [3.63, 3.8) is 0 Å². The van der Waals surface area contributed by atoms with Crippen molar-refractivity contribution in [3.8, 4) is 11.8 Å². The Balaban J connectivity index is 2.08. The molecule has 0 saturated carbocycles. The molecule has 0 fully saturated rings. The Bertz CT molecular complexity index is 849. The normalized spacial score (nSPS) is 19.8. The van der Waals surface area contributed by atoms with E-state index in [1.807, 2.05) is 0 Å². The molecule has 1 aliphatic carbocycles. The highest BCUT2D eigenvalue weighted by molar-refractivity contribution is 6.32. The fourth-order valence-electron chi connectivity index (χ4n) is 3.15. The van der Waals surface area contributed by atoms with E-state index >= 15 is 0 Å². The van der Waals surface area contributed by atoms with Gasteiger partial charge in [-0.2, -0.15) is 5.26 Å². The molecule has 0 saturated heterocycles. The van der Waals surface area contributed by atoms with E-state index in [0.29, 0.717) is 53.5 Å². The third-order valence-corrected chi connectivity index (χ3v) is 4.55. The summed E-state index contributed by atoms with van der Waals surface area (Å²) in [6, 6.07) is 7.29. The van der Waals surface area contributed by atoms with Gasteiger partial charge in [-0.25, -0.2) is 0 Å². The maximum absolute atomic E-state index is 12.5. The minimum absolute atomic E-state index is 0.0189. The van der Waals surface area contributed by atoms with E-state index in [9.17, 15) is 10.1 Å². The number of ketones is 1. The molecule has 0 spiro atoms. The van der Waals surface area contributed by atoms with Gasteiger partial charge in [0.05, 0.1) is 10.9 Å². The Morgan fingerprint density at radius 2 is 2.28 bits per heavy atom. The first-order valence-corrected chi connectivity index (χ1v) is 8.31. The maximum atomic E-state index is 12.5. The molecular formula is C19H17ClN2O3. The van der Waals surface area contributed by atoms with E-state index < -0.39 is 5.92 Å². The standard InChI is InChI=1S/C19H17ClN2O3/c1-2-8-24-15-7-6-11(9-13(15)20)17-12(10-21)19(22)25-16-5-3-4-14(23)18(16)17/h2,6-7,9,17H,1,3-5,8,22H2. The van der Waals surface area contributed by atoms with E-state index in [4.69, 9.17) is 26.8 Å². The summed E-state index contributed by atoms with van der Waals surface area (Å²) in [7, 11) is 0. The summed E-state index contributed by atoms with van der Waals surface area (Å²) in [6.07, 6.45) is 3.41. The van der Waals surface area contributed by atoms with Crippen molar-refractivity contribution in [2.75, 3.05) is 6.61 Å². The number of carbonyl (C=O) groups excluding carboxylic acids is 1. The van der Waals surface area contributed by atoms with Crippen molar-refractivity contribution in [3.05, 3.63) is 64.2 Å². The average molecular weight is 357 g/mol. The van der Waals surface area contributed by atoms with E-state index in [2.05, 4.69) is 12.6 Å². The van der Waals surface area contributed by atoms with Gasteiger partial charge >= 0.3 is 0 Å². The van der Waals surface area contributed by atoms with E-state index in [1.165, 1.54) is 0 Å². The topological polar surface area (TPSA) is 85.3 Å². The second kappa shape index (κ2) is 7.04. The molecule has 0 amide bonds. The van der Waals surface area contributed by atoms with Crippen LogP contribution in [0.3, 0.4) is 0 Å². The molecule has 1 atom stereocenters. The van der Waals surface area contributed by atoms with Gasteiger partial charge in [-0.3, -0.25) is 4.79 Å². The number of hydrogen-bond donors (Lipinski definition) is 1. The van der Waals surface area contributed by atoms with Gasteiger partial charge in [-0.05, 0) is 24.1 Å². The third kappa shape index (κ3) is 3.13. The third-order valence-electron chi connectivity index (χ3n) is 4.25. The van der Waals surface area contributed by atoms with E-state index in [0.717, 1.165) is 0 Å². The van der Waals surface area contributed by atoms with Gasteiger partial charge in [0, 0.05) is 18.4 Å². The lowest BCUT2D eigenvalue weighted by Gasteiger charge is -2.31. The summed E-state index contributed by atoms with van der Waals surface area (Å²) >= 11 is 6.30. The van der Waals surface area contributed by atoms with Crippen LogP contribution in [0, 0.1) is 11.3 Å². The first-order valence-electron chi connectivity index (χ1n) is 7.93. The summed E-state index contributed by atoms with van der Waals surface area (Å²) in [5.74, 6) is 0.532. The number of hydrogen-bond acceptors (Lipinski definition) is 5. The fourth-order valence-corrected chi connectivity index (χ4v) is 3.40. The minimum Gasteiger partial charge on any atom is -0.488 e. The number of rotatable bonds is 4. The van der Waals surface area contributed by atoms with Gasteiger partial charge in [0.2, 0.25) is 5.88 Å². The highest BCUT2D eigenvalue weighted by Gasteiger charge is 2.38. The Morgan fingerprint density at radius 1 is 1.48 bits per heavy atom. The van der Waals surface area contributed by atoms with Crippen molar-refractivity contribution < 1.29 is 14.3 Å². The fraction of sp³-hybridized carbons (Fsp3) is 0.263. The van der Waals surface area contributed by atoms with Crippen LogP contribution in [-0.4, -0.2) is 12.4 Å². The Kier molecular flexibility index (Phi) is 4.82. The number of nitrogens with two attached hydrogens (primary N) is 1. The number of halogens is 1. The van der Waals surface area contributed by atoms with Crippen LogP contribution in [0.1, 0.15) is 30.7 Å². The molecule has 0 aromatic heterocycles. The van der Waals surface area contributed by atoms with Crippen molar-refractivity contribution in [1.82, 2.24) is 0 Å². The molecule has 2 aliphatic rings. The number of allylic oxidation sites excluding steroid dienone is 3. The van der Waals surface area contributed by atoms with Crippen molar-refractivity contribution in [2.24, 2.45) is 5.73 Å². The molecule has 0 radical (unpaired) electrons. The van der Waals surface area contributed by atoms with Gasteiger partial charge < -0.3 is 15.2 Å². The lowest BCUT2D eigenvalue weighted by Crippen LogP contribution is -2.27. The number of nitrogens with zero attached hydrogens (tertiary/aromatic N) is 1. The molecule has 1 aromatic carbocycles. The van der Waals surface area contributed by atoms with Crippen molar-refractivity contribution >= 4 is 17.4 Å². The lowest BCUT2D eigenvalue weighted by atomic mass is 9.77. The quantitative estimate of drug-likeness (QED) is 0.831. The molecule has 0 bridgehead atoms. The summed E-state index contributed by atoms with van der Waals surface area (Å²) < 4.78 is 11.0. The second-order valence-corrected chi connectivity index (χ2v) is 6.24. The van der Waals surface area contributed by atoms with Gasteiger partial charge in [0.15, 0.2) is 5.78 Å². The number of carbonyl (C=O) groups is 1. The zero-order chi connectivity index (χ0) is 18.0. The van der Waals surface area contributed by atoms with Gasteiger partial charge in [0.25, 0.3) is 0 Å². The Hall–Kier alpha value is -2.71. The summed E-state index contributed by atoms with van der Waals surface area (Å²) in [5.41, 5.74) is 7.37. The highest BCUT2D eigenvalue weighted by Crippen LogP contribution is 2.44. The van der Waals surface area contributed by atoms with E-state index in [-0.39, 0.29) is 17.2 Å². The van der Waals surface area contributed by atoms with Crippen LogP contribution in [0.25, 0.3) is 0 Å². The number of benzene rings is 1. The molecule has 25 heavy (non-hydrogen) atoms. The molecule has 1 aromatic rings. The molecule has 6 heteroatoms. The van der Waals surface area contributed by atoms with Gasteiger partial charge in [0.1, 0.15) is 29.8 Å². The van der Waals surface area contributed by atoms with Crippen LogP contribution >= 0.6 is 11.6 Å².